The topological polar surface area (TPSA) is 225 Å². The Bertz CT molecular complexity index is 2900. The average molecular weight is 917 g/mol. The first-order valence-electron chi connectivity index (χ1n) is 21.3. The van der Waals surface area contributed by atoms with E-state index in [2.05, 4.69) is 23.3 Å². The average Bonchev–Trinajstić information content (AvgIpc) is 3.54. The first-order valence-corrected chi connectivity index (χ1v) is 26.1. The number of ether oxygens (including phenoxy) is 1. The fraction of sp³-hybridized carbons (Fsp3) is 0.558. The molecule has 336 valence electrons. The van der Waals surface area contributed by atoms with E-state index in [1.54, 1.807) is 0 Å². The number of anilines is 1. The second-order valence-corrected chi connectivity index (χ2v) is 23.2. The highest BCUT2D eigenvalue weighted by molar-refractivity contribution is 7.86. The SMILES string of the molecule is CC1(C)CC(CS(=O)(=O)O)c2cc3c(c4c2N1CCC4)Oc1c2c4c(cc1=C3c1n(CCCCCC(=O)O)cc[n+]1CCCS(=O)(=O)O)C(CS(=O)(=O)O)=CC(C)(C)[N+]=4CCC2. The Morgan fingerprint density at radius 1 is 0.887 bits per heavy atom. The molecule has 0 bridgehead atoms. The Labute approximate surface area is 362 Å². The van der Waals surface area contributed by atoms with Crippen LogP contribution in [-0.2, 0) is 61.1 Å². The van der Waals surface area contributed by atoms with Gasteiger partial charge in [0.05, 0.1) is 41.3 Å². The van der Waals surface area contributed by atoms with E-state index in [9.17, 15) is 48.8 Å². The van der Waals surface area contributed by atoms with Gasteiger partial charge in [-0.05, 0) is 88.1 Å². The first-order chi connectivity index (χ1) is 28.9. The molecule has 2 aromatic carbocycles. The number of hydrogen-bond donors (Lipinski definition) is 4. The number of carboxylic acid groups (broad SMARTS) is 1. The second-order valence-electron chi connectivity index (χ2n) is 18.6. The van der Waals surface area contributed by atoms with E-state index >= 15 is 0 Å². The number of carboxylic acids is 1. The lowest BCUT2D eigenvalue weighted by Crippen LogP contribution is -2.54. The van der Waals surface area contributed by atoms with Gasteiger partial charge in [-0.15, -0.1) is 0 Å². The Kier molecular flexibility index (Phi) is 11.4. The van der Waals surface area contributed by atoms with Gasteiger partial charge in [-0.3, -0.25) is 18.5 Å². The highest BCUT2D eigenvalue weighted by Gasteiger charge is 2.46. The molecule has 0 saturated carbocycles. The van der Waals surface area contributed by atoms with Crippen LogP contribution in [0.25, 0.3) is 11.1 Å². The summed E-state index contributed by atoms with van der Waals surface area (Å²) in [6, 6.07) is 3.89. The summed E-state index contributed by atoms with van der Waals surface area (Å²) in [7, 11) is -13.2. The normalized spacial score (nSPS) is 19.8. The molecule has 0 saturated heterocycles. The van der Waals surface area contributed by atoms with Crippen LogP contribution in [0, 0.1) is 0 Å². The van der Waals surface area contributed by atoms with E-state index in [4.69, 9.17) is 4.74 Å². The number of benzene rings is 2. The molecular formula is C43H56N4O12S3+2. The number of carbonyl (C=O) groups is 1. The van der Waals surface area contributed by atoms with Crippen molar-refractivity contribution in [3.63, 3.8) is 0 Å². The van der Waals surface area contributed by atoms with E-state index in [0.29, 0.717) is 96.4 Å². The van der Waals surface area contributed by atoms with Crippen LogP contribution >= 0.6 is 0 Å². The van der Waals surface area contributed by atoms with Crippen molar-refractivity contribution in [1.29, 1.82) is 0 Å². The fourth-order valence-electron chi connectivity index (χ4n) is 10.8. The maximum Gasteiger partial charge on any atom is 0.303 e. The number of aliphatic carboxylic acids is 1. The molecule has 16 nitrogen and oxygen atoms in total. The number of rotatable bonds is 15. The van der Waals surface area contributed by atoms with Crippen LogP contribution in [0.2, 0.25) is 0 Å². The second kappa shape index (κ2) is 15.8. The van der Waals surface area contributed by atoms with Gasteiger partial charge in [0.15, 0.2) is 5.54 Å². The zero-order valence-corrected chi connectivity index (χ0v) is 38.0. The summed E-state index contributed by atoms with van der Waals surface area (Å²) in [5.41, 5.74) is 4.77. The molecular weight excluding hydrogens is 861 g/mol. The summed E-state index contributed by atoms with van der Waals surface area (Å²) < 4.78 is 118. The first kappa shape index (κ1) is 44.5. The highest BCUT2D eigenvalue weighted by Crippen LogP contribution is 2.54. The number of aromatic nitrogens is 2. The number of nitrogens with zero attached hydrogens (tertiary/aromatic N) is 4. The lowest BCUT2D eigenvalue weighted by atomic mass is 9.75. The summed E-state index contributed by atoms with van der Waals surface area (Å²) in [4.78, 5) is 13.7. The quantitative estimate of drug-likeness (QED) is 0.0763. The monoisotopic (exact) mass is 916 g/mol. The number of unbranched alkanes of at least 4 members (excludes halogenated alkanes) is 2. The van der Waals surface area contributed by atoms with Crippen molar-refractivity contribution < 1.29 is 58.1 Å². The molecule has 19 heteroatoms. The molecule has 62 heavy (non-hydrogen) atoms. The minimum Gasteiger partial charge on any atom is -0.481 e. The van der Waals surface area contributed by atoms with Gasteiger partial charge in [0.1, 0.15) is 36.2 Å². The van der Waals surface area contributed by atoms with Gasteiger partial charge < -0.3 is 14.7 Å². The fourth-order valence-corrected chi connectivity index (χ4v) is 12.7. The van der Waals surface area contributed by atoms with E-state index in [1.807, 2.05) is 53.6 Å². The third-order valence-electron chi connectivity index (χ3n) is 13.1. The summed E-state index contributed by atoms with van der Waals surface area (Å²) in [6.07, 6.45) is 10.6. The number of imidazole rings is 1. The minimum absolute atomic E-state index is 0.0250. The largest absolute Gasteiger partial charge is 0.481 e. The molecule has 5 aliphatic heterocycles. The van der Waals surface area contributed by atoms with E-state index in [1.165, 1.54) is 0 Å². The molecule has 8 rings (SSSR count). The van der Waals surface area contributed by atoms with Crippen molar-refractivity contribution in [3.05, 3.63) is 74.8 Å². The Hall–Kier alpha value is -4.14. The van der Waals surface area contributed by atoms with Crippen molar-refractivity contribution in [3.8, 4) is 11.5 Å². The Morgan fingerprint density at radius 2 is 1.63 bits per heavy atom. The van der Waals surface area contributed by atoms with Gasteiger partial charge >= 0.3 is 5.97 Å². The van der Waals surface area contributed by atoms with Crippen LogP contribution < -0.4 is 29.4 Å². The van der Waals surface area contributed by atoms with E-state index in [0.717, 1.165) is 47.1 Å². The van der Waals surface area contributed by atoms with Crippen LogP contribution in [-0.4, -0.2) is 96.0 Å². The van der Waals surface area contributed by atoms with E-state index < -0.39 is 70.6 Å². The van der Waals surface area contributed by atoms with Crippen molar-refractivity contribution in [2.45, 2.75) is 122 Å². The zero-order chi connectivity index (χ0) is 44.7. The molecule has 5 aliphatic rings. The van der Waals surface area contributed by atoms with Gasteiger partial charge in [-0.25, -0.2) is 13.7 Å². The van der Waals surface area contributed by atoms with Crippen LogP contribution in [0.3, 0.4) is 0 Å². The van der Waals surface area contributed by atoms with E-state index in [-0.39, 0.29) is 19.4 Å². The molecule has 0 fully saturated rings. The van der Waals surface area contributed by atoms with Gasteiger partial charge in [-0.2, -0.15) is 25.3 Å². The highest BCUT2D eigenvalue weighted by atomic mass is 32.2. The molecule has 0 amide bonds. The maximum atomic E-state index is 12.7. The Morgan fingerprint density at radius 3 is 2.32 bits per heavy atom. The van der Waals surface area contributed by atoms with Crippen molar-refractivity contribution in [2.75, 3.05) is 35.2 Å². The summed E-state index contributed by atoms with van der Waals surface area (Å²) in [5, 5.41) is 10.8. The molecule has 1 aromatic heterocycles. The van der Waals surface area contributed by atoms with Crippen LogP contribution in [0.15, 0.2) is 30.6 Å². The predicted molar refractivity (Wildman–Crippen MR) is 232 cm³/mol. The molecule has 3 aromatic rings. The third-order valence-corrected chi connectivity index (χ3v) is 15.5. The van der Waals surface area contributed by atoms with Crippen molar-refractivity contribution >= 4 is 53.2 Å². The molecule has 4 N–H and O–H groups in total. The molecule has 1 unspecified atom stereocenters. The summed E-state index contributed by atoms with van der Waals surface area (Å²) in [5.74, 6) is -1.20. The standard InChI is InChI=1S/C43H54N4O12S3/c1-42(2)23-27(25-61(53,54)55)31-21-33-36(41-44(14-7-5-6-13-35(48)49)18-19-45(41)15-10-20-60(50,51)52)34-22-32-28(26-62(56,57)58)24-43(3,4)47-17-9-12-30(38(32)47)40(34)59-39(33)29-11-8-16-46(42)37(29)31/h18-19,21-23,28H,5-17,20,24-26H2,1-4H3,(H2-2,48,49,50,51,52,53,54,55,56,57,58)/p+2. The van der Waals surface area contributed by atoms with Gasteiger partial charge in [0.25, 0.3) is 36.2 Å². The van der Waals surface area contributed by atoms with Gasteiger partial charge in [-0.1, -0.05) is 0 Å². The molecule has 1 atom stereocenters. The molecule has 0 aliphatic carbocycles. The number of fused-ring (bicyclic) bond motifs is 4. The van der Waals surface area contributed by atoms with Crippen molar-refractivity contribution in [2.24, 2.45) is 0 Å². The lowest BCUT2D eigenvalue weighted by molar-refractivity contribution is -0.698. The number of hydrogen-bond acceptors (Lipinski definition) is 9. The van der Waals surface area contributed by atoms with Gasteiger partial charge in [0, 0.05) is 73.1 Å². The third kappa shape index (κ3) is 8.59. The van der Waals surface area contributed by atoms with Crippen LogP contribution in [0.4, 0.5) is 5.69 Å². The van der Waals surface area contributed by atoms with Crippen LogP contribution in [0.5, 0.6) is 11.5 Å². The zero-order valence-electron chi connectivity index (χ0n) is 35.6. The number of aryl methyl sites for hydroxylation is 2. The van der Waals surface area contributed by atoms with Crippen LogP contribution in [0.1, 0.15) is 119 Å². The summed E-state index contributed by atoms with van der Waals surface area (Å²) in [6.45, 7) is 10.3. The minimum atomic E-state index is -4.48. The van der Waals surface area contributed by atoms with Crippen molar-refractivity contribution in [1.82, 2.24) is 9.14 Å². The Balaban J connectivity index is 1.48. The maximum absolute atomic E-state index is 12.7. The molecule has 0 radical (unpaired) electrons. The predicted octanol–water partition coefficient (Wildman–Crippen LogP) is 3.46. The molecule has 0 spiro atoms. The summed E-state index contributed by atoms with van der Waals surface area (Å²) >= 11 is 0. The smallest absolute Gasteiger partial charge is 0.303 e. The van der Waals surface area contributed by atoms with Gasteiger partial charge in [0.2, 0.25) is 5.36 Å². The lowest BCUT2D eigenvalue weighted by Gasteiger charge is -2.51. The molecule has 6 heterocycles.